The monoisotopic (exact) mass is 210 g/mol. The molecule has 2 rings (SSSR count). The van der Waals surface area contributed by atoms with Crippen LogP contribution in [0.5, 0.6) is 0 Å². The van der Waals surface area contributed by atoms with Gasteiger partial charge in [-0.25, -0.2) is 4.98 Å². The van der Waals surface area contributed by atoms with Crippen LogP contribution >= 0.6 is 0 Å². The molecule has 2 aromatic heterocycles. The zero-order chi connectivity index (χ0) is 10.8. The first-order valence-electron chi connectivity index (χ1n) is 4.12. The number of aromatic nitrogens is 2. The van der Waals surface area contributed by atoms with Crippen molar-refractivity contribution in [2.24, 2.45) is 0 Å². The molecule has 76 valence electrons. The van der Waals surface area contributed by atoms with E-state index in [4.69, 9.17) is 0 Å². The summed E-state index contributed by atoms with van der Waals surface area (Å²) in [6.07, 6.45) is 0. The van der Waals surface area contributed by atoms with Gasteiger partial charge in [0.15, 0.2) is 0 Å². The molecule has 15 heavy (non-hydrogen) atoms. The molecule has 0 N–H and O–H groups in total. The van der Waals surface area contributed by atoms with Crippen LogP contribution < -0.4 is 0 Å². The summed E-state index contributed by atoms with van der Waals surface area (Å²) in [5.74, 6) is -2.66. The van der Waals surface area contributed by atoms with Gasteiger partial charge in [0, 0.05) is 0 Å². The Bertz CT molecular complexity index is 500. The molecule has 0 aliphatic rings. The molecule has 0 atom stereocenters. The summed E-state index contributed by atoms with van der Waals surface area (Å²) in [7, 11) is 0. The SMILES string of the molecule is Fc1cccc(-c2ccc(F)nc2F)n1. The van der Waals surface area contributed by atoms with E-state index in [9.17, 15) is 13.2 Å². The van der Waals surface area contributed by atoms with Crippen LogP contribution in [0, 0.1) is 17.8 Å². The molecular weight excluding hydrogens is 205 g/mol. The minimum absolute atomic E-state index is 0.0316. The van der Waals surface area contributed by atoms with Gasteiger partial charge in [0.2, 0.25) is 17.8 Å². The summed E-state index contributed by atoms with van der Waals surface area (Å²) >= 11 is 0. The zero-order valence-corrected chi connectivity index (χ0v) is 7.42. The van der Waals surface area contributed by atoms with E-state index < -0.39 is 17.8 Å². The van der Waals surface area contributed by atoms with Crippen molar-refractivity contribution in [3.8, 4) is 11.3 Å². The highest BCUT2D eigenvalue weighted by Gasteiger charge is 2.09. The maximum absolute atomic E-state index is 13.2. The number of rotatable bonds is 1. The van der Waals surface area contributed by atoms with Crippen molar-refractivity contribution in [3.63, 3.8) is 0 Å². The Morgan fingerprint density at radius 3 is 2.20 bits per heavy atom. The predicted octanol–water partition coefficient (Wildman–Crippen LogP) is 2.56. The van der Waals surface area contributed by atoms with Crippen LogP contribution in [-0.4, -0.2) is 9.97 Å². The van der Waals surface area contributed by atoms with E-state index in [2.05, 4.69) is 9.97 Å². The molecule has 0 aliphatic carbocycles. The summed E-state index contributed by atoms with van der Waals surface area (Å²) in [6.45, 7) is 0. The average molecular weight is 210 g/mol. The highest BCUT2D eigenvalue weighted by molar-refractivity contribution is 5.57. The fraction of sp³-hybridized carbons (Fsp3) is 0. The lowest BCUT2D eigenvalue weighted by Crippen LogP contribution is -1.94. The third-order valence-corrected chi connectivity index (χ3v) is 1.81. The Labute approximate surface area is 83.4 Å². The summed E-state index contributed by atoms with van der Waals surface area (Å²) in [4.78, 5) is 6.45. The lowest BCUT2D eigenvalue weighted by atomic mass is 10.2. The molecule has 2 nitrogen and oxygen atoms in total. The highest BCUT2D eigenvalue weighted by atomic mass is 19.1. The van der Waals surface area contributed by atoms with E-state index >= 15 is 0 Å². The number of pyridine rings is 2. The third-order valence-electron chi connectivity index (χ3n) is 1.81. The van der Waals surface area contributed by atoms with E-state index in [1.807, 2.05) is 0 Å². The molecule has 0 unspecified atom stereocenters. The van der Waals surface area contributed by atoms with E-state index in [0.717, 1.165) is 12.1 Å². The van der Waals surface area contributed by atoms with Gasteiger partial charge < -0.3 is 0 Å². The molecule has 0 amide bonds. The van der Waals surface area contributed by atoms with Crippen molar-refractivity contribution < 1.29 is 13.2 Å². The van der Waals surface area contributed by atoms with Crippen LogP contribution in [-0.2, 0) is 0 Å². The van der Waals surface area contributed by atoms with Crippen molar-refractivity contribution in [1.29, 1.82) is 0 Å². The minimum atomic E-state index is -1.01. The Morgan fingerprint density at radius 1 is 0.800 bits per heavy atom. The number of hydrogen-bond acceptors (Lipinski definition) is 2. The van der Waals surface area contributed by atoms with Crippen LogP contribution in [0.1, 0.15) is 0 Å². The van der Waals surface area contributed by atoms with Crippen LogP contribution in [0.3, 0.4) is 0 Å². The van der Waals surface area contributed by atoms with Crippen molar-refractivity contribution in [2.75, 3.05) is 0 Å². The molecule has 0 spiro atoms. The third kappa shape index (κ3) is 1.96. The molecule has 0 saturated carbocycles. The lowest BCUT2D eigenvalue weighted by molar-refractivity contribution is 0.514. The van der Waals surface area contributed by atoms with E-state index in [1.165, 1.54) is 18.2 Å². The average Bonchev–Trinajstić information content (AvgIpc) is 2.17. The smallest absolute Gasteiger partial charge is 0.220 e. The maximum atomic E-state index is 13.2. The van der Waals surface area contributed by atoms with Crippen LogP contribution in [0.25, 0.3) is 11.3 Å². The van der Waals surface area contributed by atoms with Gasteiger partial charge in [-0.15, -0.1) is 0 Å². The largest absolute Gasteiger partial charge is 0.224 e. The normalized spacial score (nSPS) is 10.3. The number of nitrogens with zero attached hydrogens (tertiary/aromatic N) is 2. The Hall–Kier alpha value is -1.91. The fourth-order valence-electron chi connectivity index (χ4n) is 1.16. The molecular formula is C10H5F3N2. The molecule has 2 heterocycles. The molecule has 0 radical (unpaired) electrons. The van der Waals surface area contributed by atoms with Gasteiger partial charge >= 0.3 is 0 Å². The van der Waals surface area contributed by atoms with E-state index in [-0.39, 0.29) is 11.3 Å². The first-order valence-corrected chi connectivity index (χ1v) is 4.12. The Morgan fingerprint density at radius 2 is 1.53 bits per heavy atom. The Kier molecular flexibility index (Phi) is 2.37. The zero-order valence-electron chi connectivity index (χ0n) is 7.42. The Balaban J connectivity index is 2.54. The number of halogens is 3. The van der Waals surface area contributed by atoms with Crippen LogP contribution in [0.15, 0.2) is 30.3 Å². The standard InChI is InChI=1S/C10H5F3N2/c11-8-3-1-2-7(14-8)6-4-5-9(12)15-10(6)13/h1-5H. The lowest BCUT2D eigenvalue weighted by Gasteiger charge is -2.01. The molecule has 0 saturated heterocycles. The van der Waals surface area contributed by atoms with Gasteiger partial charge in [-0.2, -0.15) is 18.2 Å². The van der Waals surface area contributed by atoms with Gasteiger partial charge in [0.05, 0.1) is 11.3 Å². The predicted molar refractivity (Wildman–Crippen MR) is 47.3 cm³/mol. The molecule has 0 bridgehead atoms. The van der Waals surface area contributed by atoms with Crippen molar-refractivity contribution >= 4 is 0 Å². The molecule has 2 aromatic rings. The summed E-state index contributed by atoms with van der Waals surface area (Å²) in [5.41, 5.74) is 0.0518. The highest BCUT2D eigenvalue weighted by Crippen LogP contribution is 2.19. The van der Waals surface area contributed by atoms with Crippen LogP contribution in [0.2, 0.25) is 0 Å². The molecule has 0 fully saturated rings. The first-order chi connectivity index (χ1) is 7.16. The van der Waals surface area contributed by atoms with Gasteiger partial charge in [-0.3, -0.25) is 0 Å². The second-order valence-corrected chi connectivity index (χ2v) is 2.82. The molecule has 0 aromatic carbocycles. The quantitative estimate of drug-likeness (QED) is 0.676. The summed E-state index contributed by atoms with van der Waals surface area (Å²) in [5, 5.41) is 0. The number of hydrogen-bond donors (Lipinski definition) is 0. The van der Waals surface area contributed by atoms with Crippen molar-refractivity contribution in [3.05, 3.63) is 48.2 Å². The van der Waals surface area contributed by atoms with Gasteiger partial charge in [0.1, 0.15) is 0 Å². The van der Waals surface area contributed by atoms with Gasteiger partial charge in [-0.05, 0) is 24.3 Å². The first kappa shape index (κ1) is 9.64. The minimum Gasteiger partial charge on any atom is -0.220 e. The fourth-order valence-corrected chi connectivity index (χ4v) is 1.16. The maximum Gasteiger partial charge on any atom is 0.224 e. The van der Waals surface area contributed by atoms with Crippen LogP contribution in [0.4, 0.5) is 13.2 Å². The second-order valence-electron chi connectivity index (χ2n) is 2.82. The summed E-state index contributed by atoms with van der Waals surface area (Å²) in [6, 6.07) is 6.10. The topological polar surface area (TPSA) is 25.8 Å². The van der Waals surface area contributed by atoms with E-state index in [0.29, 0.717) is 0 Å². The van der Waals surface area contributed by atoms with Gasteiger partial charge in [-0.1, -0.05) is 6.07 Å². The molecule has 5 heteroatoms. The molecule has 0 aliphatic heterocycles. The van der Waals surface area contributed by atoms with Crippen molar-refractivity contribution in [1.82, 2.24) is 9.97 Å². The van der Waals surface area contributed by atoms with Gasteiger partial charge in [0.25, 0.3) is 0 Å². The van der Waals surface area contributed by atoms with E-state index in [1.54, 1.807) is 0 Å². The second kappa shape index (κ2) is 3.68. The summed E-state index contributed by atoms with van der Waals surface area (Å²) < 4.78 is 38.4. The van der Waals surface area contributed by atoms with Crippen molar-refractivity contribution in [2.45, 2.75) is 0 Å².